The predicted molar refractivity (Wildman–Crippen MR) is 76.9 cm³/mol. The molecule has 0 bridgehead atoms. The molecule has 1 atom stereocenters. The minimum Gasteiger partial charge on any atom is -1.00 e. The maximum Gasteiger partial charge on any atom is 0.389 e. The number of carbonyl (C=O) groups is 1. The Morgan fingerprint density at radius 1 is 1.29 bits per heavy atom. The molecule has 0 radical (unpaired) electrons. The monoisotopic (exact) mass is 336 g/mol. The molecule has 0 aromatic heterocycles. The number of benzene rings is 1. The summed E-state index contributed by atoms with van der Waals surface area (Å²) in [5.74, 6) is -0.389. The highest BCUT2D eigenvalue weighted by Gasteiger charge is 2.25. The van der Waals surface area contributed by atoms with Crippen molar-refractivity contribution in [2.45, 2.75) is 13.5 Å². The SMILES string of the molecule is C=CC(=O)O[N+](C)(CC)Cc1ccccc1.C[NH2+]C.[Cl-].[Cl-]. The Morgan fingerprint density at radius 2 is 1.76 bits per heavy atom. The van der Waals surface area contributed by atoms with Crippen LogP contribution in [0.25, 0.3) is 0 Å². The number of halogens is 2. The van der Waals surface area contributed by atoms with Gasteiger partial charge in [-0.25, -0.2) is 4.79 Å². The number of hydrogen-bond acceptors (Lipinski definition) is 2. The lowest BCUT2D eigenvalue weighted by molar-refractivity contribution is -1.08. The Hall–Kier alpha value is -1.07. The van der Waals surface area contributed by atoms with Gasteiger partial charge in [0.15, 0.2) is 0 Å². The summed E-state index contributed by atoms with van der Waals surface area (Å²) < 4.78 is 0.231. The van der Waals surface area contributed by atoms with Crippen LogP contribution in [0.1, 0.15) is 12.5 Å². The first-order valence-corrected chi connectivity index (χ1v) is 6.49. The van der Waals surface area contributed by atoms with E-state index >= 15 is 0 Å². The van der Waals surface area contributed by atoms with Gasteiger partial charge in [0, 0.05) is 11.6 Å². The lowest BCUT2D eigenvalue weighted by Gasteiger charge is -2.28. The average Bonchev–Trinajstić information content (AvgIpc) is 2.40. The molecular formula is C15H26Cl2N2O2. The maximum atomic E-state index is 11.2. The van der Waals surface area contributed by atoms with Crippen molar-refractivity contribution in [2.75, 3.05) is 27.7 Å². The number of hydrogen-bond donors (Lipinski definition) is 1. The van der Waals surface area contributed by atoms with Crippen molar-refractivity contribution in [3.63, 3.8) is 0 Å². The first-order chi connectivity index (χ1) is 9.01. The van der Waals surface area contributed by atoms with E-state index in [1.54, 1.807) is 0 Å². The van der Waals surface area contributed by atoms with Crippen molar-refractivity contribution < 1.29 is 44.4 Å². The molecule has 0 aliphatic rings. The molecule has 1 rings (SSSR count). The van der Waals surface area contributed by atoms with Crippen molar-refractivity contribution in [3.8, 4) is 0 Å². The van der Waals surface area contributed by atoms with Gasteiger partial charge in [0.05, 0.1) is 14.1 Å². The minimum absolute atomic E-state index is 0. The Balaban J connectivity index is -0.000000596. The first-order valence-electron chi connectivity index (χ1n) is 6.49. The van der Waals surface area contributed by atoms with Crippen LogP contribution in [0.4, 0.5) is 0 Å². The zero-order valence-corrected chi connectivity index (χ0v) is 14.7. The third kappa shape index (κ3) is 11.3. The molecule has 122 valence electrons. The molecule has 21 heavy (non-hydrogen) atoms. The van der Waals surface area contributed by atoms with E-state index in [9.17, 15) is 4.79 Å². The van der Waals surface area contributed by atoms with Crippen molar-refractivity contribution in [1.82, 2.24) is 0 Å². The number of nitrogens with zero attached hydrogens (tertiary/aromatic N) is 1. The highest BCUT2D eigenvalue weighted by Crippen LogP contribution is 2.12. The maximum absolute atomic E-state index is 11.2. The summed E-state index contributed by atoms with van der Waals surface area (Å²) in [7, 11) is 5.88. The molecule has 4 nitrogen and oxygen atoms in total. The fourth-order valence-corrected chi connectivity index (χ4v) is 1.43. The molecule has 1 aromatic carbocycles. The Kier molecular flexibility index (Phi) is 16.5. The Bertz CT molecular complexity index is 389. The summed E-state index contributed by atoms with van der Waals surface area (Å²) in [6, 6.07) is 9.96. The van der Waals surface area contributed by atoms with Gasteiger partial charge in [-0.05, 0) is 6.92 Å². The third-order valence-electron chi connectivity index (χ3n) is 2.51. The Morgan fingerprint density at radius 3 is 2.14 bits per heavy atom. The van der Waals surface area contributed by atoms with Gasteiger partial charge < -0.3 is 30.1 Å². The third-order valence-corrected chi connectivity index (χ3v) is 2.51. The van der Waals surface area contributed by atoms with Crippen molar-refractivity contribution in [3.05, 3.63) is 48.6 Å². The van der Waals surface area contributed by atoms with E-state index in [0.29, 0.717) is 13.1 Å². The normalized spacial score (nSPS) is 11.4. The molecular weight excluding hydrogens is 311 g/mol. The van der Waals surface area contributed by atoms with Gasteiger partial charge in [0.2, 0.25) is 0 Å². The lowest BCUT2D eigenvalue weighted by Crippen LogP contribution is -3.00. The molecule has 0 saturated heterocycles. The molecule has 6 heteroatoms. The summed E-state index contributed by atoms with van der Waals surface area (Å²) in [6.07, 6.45) is 1.19. The minimum atomic E-state index is -0.389. The summed E-state index contributed by atoms with van der Waals surface area (Å²) in [5.41, 5.74) is 1.14. The van der Waals surface area contributed by atoms with E-state index in [2.05, 4.69) is 6.58 Å². The second kappa shape index (κ2) is 13.9. The van der Waals surface area contributed by atoms with Gasteiger partial charge >= 0.3 is 5.97 Å². The molecule has 1 unspecified atom stereocenters. The smallest absolute Gasteiger partial charge is 0.389 e. The van der Waals surface area contributed by atoms with Crippen LogP contribution in [0.3, 0.4) is 0 Å². The van der Waals surface area contributed by atoms with E-state index in [4.69, 9.17) is 4.84 Å². The molecule has 0 fully saturated rings. The van der Waals surface area contributed by atoms with Gasteiger partial charge in [0.1, 0.15) is 20.1 Å². The number of nitrogens with two attached hydrogens (primary N) is 1. The molecule has 2 N–H and O–H groups in total. The van der Waals surface area contributed by atoms with E-state index in [1.165, 1.54) is 6.08 Å². The standard InChI is InChI=1S/C13H18NO2.C2H7N.2ClH/c1-4-13(15)16-14(3,5-2)11-12-9-7-6-8-10-12;1-3-2;;/h4,6-10H,1,5,11H2,2-3H3;3H,1-2H3;2*1H/q+1;;;/p-1. The summed E-state index contributed by atoms with van der Waals surface area (Å²) in [6.45, 7) is 6.77. The van der Waals surface area contributed by atoms with Crippen molar-refractivity contribution in [2.24, 2.45) is 0 Å². The van der Waals surface area contributed by atoms with Crippen LogP contribution in [-0.4, -0.2) is 38.3 Å². The van der Waals surface area contributed by atoms with E-state index in [-0.39, 0.29) is 35.4 Å². The summed E-state index contributed by atoms with van der Waals surface area (Å²) in [4.78, 5) is 16.5. The highest BCUT2D eigenvalue weighted by atomic mass is 35.5. The fourth-order valence-electron chi connectivity index (χ4n) is 1.43. The van der Waals surface area contributed by atoms with Gasteiger partial charge in [-0.2, -0.15) is 0 Å². The number of rotatable bonds is 5. The van der Waals surface area contributed by atoms with Crippen LogP contribution in [0.5, 0.6) is 0 Å². The van der Waals surface area contributed by atoms with Gasteiger partial charge in [-0.3, -0.25) is 4.84 Å². The molecule has 1 aromatic rings. The van der Waals surface area contributed by atoms with Crippen LogP contribution < -0.4 is 30.1 Å². The molecule has 0 aliphatic heterocycles. The Labute approximate surface area is 140 Å². The second-order valence-corrected chi connectivity index (χ2v) is 4.45. The fraction of sp³-hybridized carbons (Fsp3) is 0.400. The first kappa shape index (κ1) is 24.9. The zero-order chi connectivity index (χ0) is 14.7. The molecule has 0 aliphatic carbocycles. The average molecular weight is 337 g/mol. The van der Waals surface area contributed by atoms with Crippen molar-refractivity contribution >= 4 is 5.97 Å². The van der Waals surface area contributed by atoms with Crippen LogP contribution >= 0.6 is 0 Å². The molecule has 0 amide bonds. The van der Waals surface area contributed by atoms with E-state index < -0.39 is 0 Å². The predicted octanol–water partition coefficient (Wildman–Crippen LogP) is -4.89. The summed E-state index contributed by atoms with van der Waals surface area (Å²) in [5, 5.41) is 2.00. The van der Waals surface area contributed by atoms with Crippen LogP contribution in [0, 0.1) is 0 Å². The van der Waals surface area contributed by atoms with E-state index in [0.717, 1.165) is 5.56 Å². The lowest BCUT2D eigenvalue weighted by atomic mass is 10.2. The van der Waals surface area contributed by atoms with Crippen LogP contribution in [0.2, 0.25) is 0 Å². The largest absolute Gasteiger partial charge is 1.00 e. The van der Waals surface area contributed by atoms with Gasteiger partial charge in [0.25, 0.3) is 0 Å². The van der Waals surface area contributed by atoms with Crippen LogP contribution in [-0.2, 0) is 16.2 Å². The number of carbonyl (C=O) groups excluding carboxylic acids is 1. The number of hydroxylamine groups is 3. The second-order valence-electron chi connectivity index (χ2n) is 4.45. The zero-order valence-electron chi connectivity index (χ0n) is 13.2. The van der Waals surface area contributed by atoms with Gasteiger partial charge in [-0.15, -0.1) is 4.65 Å². The molecule has 0 heterocycles. The quantitative estimate of drug-likeness (QED) is 0.333. The highest BCUT2D eigenvalue weighted by molar-refractivity contribution is 5.80. The number of quaternary nitrogens is 2. The molecule has 0 spiro atoms. The summed E-state index contributed by atoms with van der Waals surface area (Å²) >= 11 is 0. The van der Waals surface area contributed by atoms with E-state index in [1.807, 2.05) is 63.7 Å². The topological polar surface area (TPSA) is 42.9 Å². The van der Waals surface area contributed by atoms with Crippen LogP contribution in [0.15, 0.2) is 43.0 Å². The molecule has 0 saturated carbocycles. The van der Waals surface area contributed by atoms with Gasteiger partial charge in [-0.1, -0.05) is 36.9 Å². The van der Waals surface area contributed by atoms with Crippen molar-refractivity contribution in [1.29, 1.82) is 0 Å².